The molecule has 7 heteroatoms. The number of carbonyl (C=O) groups excluding carboxylic acids is 1. The number of ether oxygens (including phenoxy) is 1. The number of nitrogens with one attached hydrogen (secondary N) is 1. The molecule has 0 aliphatic carbocycles. The maximum absolute atomic E-state index is 13.1. The van der Waals surface area contributed by atoms with Gasteiger partial charge in [0.2, 0.25) is 0 Å². The minimum atomic E-state index is -0.475. The van der Waals surface area contributed by atoms with Gasteiger partial charge in [-0.2, -0.15) is 0 Å². The number of phenolic OH excluding ortho intramolecular Hbond substituents is 3. The molecule has 3 aromatic rings. The van der Waals surface area contributed by atoms with Gasteiger partial charge >= 0.3 is 0 Å². The summed E-state index contributed by atoms with van der Waals surface area (Å²) in [6, 6.07) is 7.93. The Morgan fingerprint density at radius 2 is 1.73 bits per heavy atom. The van der Waals surface area contributed by atoms with Gasteiger partial charge in [-0.3, -0.25) is 4.79 Å². The van der Waals surface area contributed by atoms with Crippen LogP contribution in [-0.2, 0) is 0 Å². The predicted octanol–water partition coefficient (Wildman–Crippen LogP) is 5.23. The third kappa shape index (κ3) is 3.89. The number of hydrogen-bond acceptors (Lipinski definition) is 5. The monoisotopic (exact) mass is 473 g/mol. The number of aryl methyl sites for hydroxylation is 1. The fourth-order valence-corrected chi connectivity index (χ4v) is 3.74. The molecule has 4 N–H and O–H groups in total. The minimum absolute atomic E-state index is 0.109. The SMILES string of the molecule is COc1cc(C)cc(C(=O)NC(C)(C)C)c1-c1cc(O)c2c(O)c(Br)ccc2c1O. The van der Waals surface area contributed by atoms with Crippen LogP contribution in [0.25, 0.3) is 21.9 Å². The number of benzene rings is 3. The van der Waals surface area contributed by atoms with Crippen LogP contribution in [0.5, 0.6) is 23.0 Å². The Bertz CT molecular complexity index is 1160. The molecular formula is C23H24BrNO5. The molecule has 0 saturated heterocycles. The van der Waals surface area contributed by atoms with Crippen LogP contribution < -0.4 is 10.1 Å². The van der Waals surface area contributed by atoms with Crippen molar-refractivity contribution in [3.63, 3.8) is 0 Å². The first-order chi connectivity index (χ1) is 13.9. The molecule has 0 heterocycles. The van der Waals surface area contributed by atoms with E-state index in [0.29, 0.717) is 21.3 Å². The van der Waals surface area contributed by atoms with E-state index in [1.807, 2.05) is 27.7 Å². The summed E-state index contributed by atoms with van der Waals surface area (Å²) in [5.74, 6) is -0.561. The van der Waals surface area contributed by atoms with E-state index < -0.39 is 5.54 Å². The highest BCUT2D eigenvalue weighted by molar-refractivity contribution is 9.10. The fourth-order valence-electron chi connectivity index (χ4n) is 3.41. The lowest BCUT2D eigenvalue weighted by Crippen LogP contribution is -2.40. The van der Waals surface area contributed by atoms with Crippen molar-refractivity contribution >= 4 is 32.6 Å². The summed E-state index contributed by atoms with van der Waals surface area (Å²) in [6.07, 6.45) is 0. The van der Waals surface area contributed by atoms with Gasteiger partial charge in [0.1, 0.15) is 23.0 Å². The van der Waals surface area contributed by atoms with Gasteiger partial charge in [-0.05, 0) is 79.5 Å². The van der Waals surface area contributed by atoms with Gasteiger partial charge in [-0.25, -0.2) is 0 Å². The summed E-state index contributed by atoms with van der Waals surface area (Å²) in [4.78, 5) is 13.1. The van der Waals surface area contributed by atoms with Gasteiger partial charge in [0, 0.05) is 22.1 Å². The lowest BCUT2D eigenvalue weighted by molar-refractivity contribution is 0.0920. The molecule has 6 nitrogen and oxygen atoms in total. The molecule has 0 aromatic heterocycles. The maximum Gasteiger partial charge on any atom is 0.252 e. The number of phenols is 3. The van der Waals surface area contributed by atoms with Crippen LogP contribution >= 0.6 is 15.9 Å². The van der Waals surface area contributed by atoms with Gasteiger partial charge in [0.05, 0.1) is 22.5 Å². The van der Waals surface area contributed by atoms with E-state index in [1.54, 1.807) is 24.3 Å². The molecule has 3 rings (SSSR count). The first-order valence-electron chi connectivity index (χ1n) is 9.32. The van der Waals surface area contributed by atoms with E-state index in [2.05, 4.69) is 21.2 Å². The summed E-state index contributed by atoms with van der Waals surface area (Å²) in [5.41, 5.74) is 1.20. The zero-order valence-corrected chi connectivity index (χ0v) is 19.0. The normalized spacial score (nSPS) is 11.5. The van der Waals surface area contributed by atoms with Crippen LogP contribution in [0.4, 0.5) is 0 Å². The molecule has 0 saturated carbocycles. The lowest BCUT2D eigenvalue weighted by atomic mass is 9.92. The number of amides is 1. The number of halogens is 1. The van der Waals surface area contributed by atoms with Crippen molar-refractivity contribution in [2.24, 2.45) is 0 Å². The van der Waals surface area contributed by atoms with Crippen molar-refractivity contribution in [1.82, 2.24) is 5.32 Å². The summed E-state index contributed by atoms with van der Waals surface area (Å²) >= 11 is 3.21. The van der Waals surface area contributed by atoms with Gasteiger partial charge in [0.25, 0.3) is 5.91 Å². The first-order valence-corrected chi connectivity index (χ1v) is 10.1. The number of rotatable bonds is 3. The molecular weight excluding hydrogens is 450 g/mol. The number of fused-ring (bicyclic) bond motifs is 1. The second-order valence-electron chi connectivity index (χ2n) is 8.20. The molecule has 3 aromatic carbocycles. The van der Waals surface area contributed by atoms with Crippen LogP contribution in [0.2, 0.25) is 0 Å². The van der Waals surface area contributed by atoms with Crippen LogP contribution in [-0.4, -0.2) is 33.9 Å². The molecule has 0 radical (unpaired) electrons. The fraction of sp³-hybridized carbons (Fsp3) is 0.261. The van der Waals surface area contributed by atoms with Crippen molar-refractivity contribution in [3.05, 3.63) is 45.9 Å². The number of aromatic hydroxyl groups is 3. The van der Waals surface area contributed by atoms with Crippen LogP contribution in [0.3, 0.4) is 0 Å². The van der Waals surface area contributed by atoms with Crippen molar-refractivity contribution in [2.45, 2.75) is 33.2 Å². The number of hydrogen-bond donors (Lipinski definition) is 4. The summed E-state index contributed by atoms with van der Waals surface area (Å²) < 4.78 is 5.91. The second-order valence-corrected chi connectivity index (χ2v) is 9.06. The third-order valence-corrected chi connectivity index (χ3v) is 5.28. The molecule has 1 amide bonds. The Morgan fingerprint density at radius 3 is 2.33 bits per heavy atom. The zero-order chi connectivity index (χ0) is 22.4. The smallest absolute Gasteiger partial charge is 0.252 e. The topological polar surface area (TPSA) is 99.0 Å². The summed E-state index contributed by atoms with van der Waals surface area (Å²) in [6.45, 7) is 7.46. The summed E-state index contributed by atoms with van der Waals surface area (Å²) in [7, 11) is 1.48. The van der Waals surface area contributed by atoms with E-state index in [1.165, 1.54) is 13.2 Å². The summed E-state index contributed by atoms with van der Waals surface area (Å²) in [5, 5.41) is 35.3. The van der Waals surface area contributed by atoms with E-state index in [-0.39, 0.29) is 39.5 Å². The highest BCUT2D eigenvalue weighted by atomic mass is 79.9. The Balaban J connectivity index is 2.38. The Morgan fingerprint density at radius 1 is 1.07 bits per heavy atom. The van der Waals surface area contributed by atoms with Crippen LogP contribution in [0, 0.1) is 6.92 Å². The molecule has 30 heavy (non-hydrogen) atoms. The van der Waals surface area contributed by atoms with Gasteiger partial charge in [-0.15, -0.1) is 0 Å². The van der Waals surface area contributed by atoms with E-state index in [4.69, 9.17) is 4.74 Å². The molecule has 0 bridgehead atoms. The minimum Gasteiger partial charge on any atom is -0.507 e. The maximum atomic E-state index is 13.1. The van der Waals surface area contributed by atoms with Gasteiger partial charge in [0.15, 0.2) is 0 Å². The lowest BCUT2D eigenvalue weighted by Gasteiger charge is -2.23. The van der Waals surface area contributed by atoms with Crippen molar-refractivity contribution < 1.29 is 24.9 Å². The third-order valence-electron chi connectivity index (χ3n) is 4.65. The van der Waals surface area contributed by atoms with Crippen molar-refractivity contribution in [1.29, 1.82) is 0 Å². The van der Waals surface area contributed by atoms with Crippen molar-refractivity contribution in [3.8, 4) is 34.1 Å². The Kier molecular flexibility index (Phi) is 5.60. The molecule has 0 spiro atoms. The van der Waals surface area contributed by atoms with Crippen LogP contribution in [0.1, 0.15) is 36.7 Å². The molecule has 0 atom stereocenters. The van der Waals surface area contributed by atoms with Crippen molar-refractivity contribution in [2.75, 3.05) is 7.11 Å². The quantitative estimate of drug-likeness (QED) is 0.390. The molecule has 0 unspecified atom stereocenters. The number of methoxy groups -OCH3 is 1. The van der Waals surface area contributed by atoms with Gasteiger partial charge < -0.3 is 25.4 Å². The van der Waals surface area contributed by atoms with E-state index in [0.717, 1.165) is 5.56 Å². The highest BCUT2D eigenvalue weighted by Gasteiger charge is 2.26. The molecule has 0 fully saturated rings. The standard InChI is InChI=1S/C23H24BrNO5/c1-11-8-14(22(29)25-23(2,3)4)18(17(9-11)30-5)13-10-16(26)19-12(20(13)27)6-7-15(24)21(19)28/h6-10,26-28H,1-5H3,(H,25,29). The average Bonchev–Trinajstić information content (AvgIpc) is 2.64. The first kappa shape index (κ1) is 21.8. The Labute approximate surface area is 183 Å². The predicted molar refractivity (Wildman–Crippen MR) is 121 cm³/mol. The van der Waals surface area contributed by atoms with E-state index >= 15 is 0 Å². The van der Waals surface area contributed by atoms with Crippen LogP contribution in [0.15, 0.2) is 34.8 Å². The van der Waals surface area contributed by atoms with Gasteiger partial charge in [-0.1, -0.05) is 0 Å². The largest absolute Gasteiger partial charge is 0.507 e. The molecule has 0 aliphatic rings. The molecule has 158 valence electrons. The zero-order valence-electron chi connectivity index (χ0n) is 17.4. The number of carbonyl (C=O) groups is 1. The second kappa shape index (κ2) is 7.72. The average molecular weight is 474 g/mol. The Hall–Kier alpha value is -2.93. The highest BCUT2D eigenvalue weighted by Crippen LogP contribution is 2.49. The van der Waals surface area contributed by atoms with E-state index in [9.17, 15) is 20.1 Å². The molecule has 0 aliphatic heterocycles.